The predicted molar refractivity (Wildman–Crippen MR) is 128 cm³/mol. The summed E-state index contributed by atoms with van der Waals surface area (Å²) in [6.45, 7) is 6.22. The van der Waals surface area contributed by atoms with Crippen molar-refractivity contribution in [2.45, 2.75) is 40.2 Å². The van der Waals surface area contributed by atoms with Crippen molar-refractivity contribution in [2.75, 3.05) is 5.32 Å². The molecule has 7 nitrogen and oxygen atoms in total. The van der Waals surface area contributed by atoms with Gasteiger partial charge in [-0.25, -0.2) is 13.9 Å². The van der Waals surface area contributed by atoms with Gasteiger partial charge in [0.05, 0.1) is 5.69 Å². The fraction of sp³-hybridized carbons (Fsp3) is 0.231. The largest absolute Gasteiger partial charge is 0.352 e. The smallest absolute Gasteiger partial charge is 0.255 e. The van der Waals surface area contributed by atoms with Gasteiger partial charge in [0.2, 0.25) is 5.91 Å². The SMILES string of the molecule is Cc1cc2nc(C)c(CCC(=O)NCc3cccc(NC(=O)c4ccc(F)cc4)c3)c(C)n2n1. The third-order valence-corrected chi connectivity index (χ3v) is 5.67. The molecule has 4 aromatic rings. The van der Waals surface area contributed by atoms with Gasteiger partial charge < -0.3 is 10.6 Å². The number of carbonyl (C=O) groups is 2. The van der Waals surface area contributed by atoms with Crippen LogP contribution in [-0.4, -0.2) is 26.4 Å². The minimum Gasteiger partial charge on any atom is -0.352 e. The first-order chi connectivity index (χ1) is 16.3. The van der Waals surface area contributed by atoms with Crippen LogP contribution in [0.15, 0.2) is 54.6 Å². The van der Waals surface area contributed by atoms with Crippen molar-refractivity contribution in [3.8, 4) is 0 Å². The molecule has 2 aromatic carbocycles. The molecule has 174 valence electrons. The lowest BCUT2D eigenvalue weighted by Crippen LogP contribution is -2.23. The second-order valence-electron chi connectivity index (χ2n) is 8.26. The molecule has 0 aliphatic heterocycles. The lowest BCUT2D eigenvalue weighted by Gasteiger charge is -2.12. The van der Waals surface area contributed by atoms with Crippen molar-refractivity contribution in [3.63, 3.8) is 0 Å². The molecule has 2 aromatic heterocycles. The molecule has 0 saturated carbocycles. The molecule has 0 bridgehead atoms. The molecular weight excluding hydrogens is 433 g/mol. The summed E-state index contributed by atoms with van der Waals surface area (Å²) in [5.41, 5.74) is 6.46. The Morgan fingerprint density at radius 3 is 2.56 bits per heavy atom. The summed E-state index contributed by atoms with van der Waals surface area (Å²) in [4.78, 5) is 29.5. The Labute approximate surface area is 197 Å². The Morgan fingerprint density at radius 1 is 1.03 bits per heavy atom. The summed E-state index contributed by atoms with van der Waals surface area (Å²) < 4.78 is 14.9. The predicted octanol–water partition coefficient (Wildman–Crippen LogP) is 4.29. The number of aromatic nitrogens is 3. The van der Waals surface area contributed by atoms with E-state index in [9.17, 15) is 14.0 Å². The first-order valence-electron chi connectivity index (χ1n) is 11.0. The normalized spacial score (nSPS) is 10.9. The first-order valence-corrected chi connectivity index (χ1v) is 11.0. The summed E-state index contributed by atoms with van der Waals surface area (Å²) in [5.74, 6) is -0.797. The average molecular weight is 460 g/mol. The van der Waals surface area contributed by atoms with Gasteiger partial charge in [0.1, 0.15) is 5.82 Å². The van der Waals surface area contributed by atoms with Gasteiger partial charge in [-0.1, -0.05) is 12.1 Å². The maximum atomic E-state index is 13.1. The third-order valence-electron chi connectivity index (χ3n) is 5.67. The van der Waals surface area contributed by atoms with Crippen LogP contribution in [0.3, 0.4) is 0 Å². The second-order valence-corrected chi connectivity index (χ2v) is 8.26. The van der Waals surface area contributed by atoms with Crippen LogP contribution in [0.25, 0.3) is 5.65 Å². The Hall–Kier alpha value is -4.07. The lowest BCUT2D eigenvalue weighted by molar-refractivity contribution is -0.121. The van der Waals surface area contributed by atoms with Crippen molar-refractivity contribution in [2.24, 2.45) is 0 Å². The van der Waals surface area contributed by atoms with E-state index in [-0.39, 0.29) is 11.8 Å². The van der Waals surface area contributed by atoms with Crippen molar-refractivity contribution in [1.82, 2.24) is 19.9 Å². The molecule has 0 spiro atoms. The third kappa shape index (κ3) is 5.28. The zero-order valence-electron chi connectivity index (χ0n) is 19.4. The highest BCUT2D eigenvalue weighted by Gasteiger charge is 2.13. The van der Waals surface area contributed by atoms with Gasteiger partial charge in [-0.05, 0) is 74.7 Å². The van der Waals surface area contributed by atoms with Crippen LogP contribution < -0.4 is 10.6 Å². The lowest BCUT2D eigenvalue weighted by atomic mass is 10.1. The van der Waals surface area contributed by atoms with E-state index in [2.05, 4.69) is 20.7 Å². The summed E-state index contributed by atoms with van der Waals surface area (Å²) in [5, 5.41) is 10.2. The van der Waals surface area contributed by atoms with Crippen molar-refractivity contribution in [3.05, 3.63) is 94.2 Å². The number of amides is 2. The number of nitrogens with one attached hydrogen (secondary N) is 2. The molecule has 0 saturated heterocycles. The fourth-order valence-electron chi connectivity index (χ4n) is 3.89. The zero-order valence-corrected chi connectivity index (χ0v) is 19.4. The van der Waals surface area contributed by atoms with E-state index in [4.69, 9.17) is 0 Å². The number of hydrogen-bond donors (Lipinski definition) is 2. The van der Waals surface area contributed by atoms with Crippen molar-refractivity contribution in [1.29, 1.82) is 0 Å². The van der Waals surface area contributed by atoms with Crippen LogP contribution in [-0.2, 0) is 17.8 Å². The van der Waals surface area contributed by atoms with Crippen LogP contribution >= 0.6 is 0 Å². The Bertz CT molecular complexity index is 1360. The maximum Gasteiger partial charge on any atom is 0.255 e. The van der Waals surface area contributed by atoms with Gasteiger partial charge in [-0.2, -0.15) is 5.10 Å². The number of benzene rings is 2. The van der Waals surface area contributed by atoms with Gasteiger partial charge in [-0.15, -0.1) is 0 Å². The van der Waals surface area contributed by atoms with Gasteiger partial charge in [-0.3, -0.25) is 9.59 Å². The topological polar surface area (TPSA) is 88.4 Å². The van der Waals surface area contributed by atoms with E-state index < -0.39 is 5.82 Å². The molecule has 0 unspecified atom stereocenters. The molecule has 0 aliphatic carbocycles. The van der Waals surface area contributed by atoms with E-state index in [0.29, 0.717) is 30.6 Å². The Kier molecular flexibility index (Phi) is 6.67. The number of rotatable bonds is 7. The quantitative estimate of drug-likeness (QED) is 0.431. The number of fused-ring (bicyclic) bond motifs is 1. The molecule has 8 heteroatoms. The number of nitrogens with zero attached hydrogens (tertiary/aromatic N) is 3. The summed E-state index contributed by atoms with van der Waals surface area (Å²) in [7, 11) is 0. The van der Waals surface area contributed by atoms with Gasteiger partial charge in [0, 0.05) is 41.7 Å². The number of carbonyl (C=O) groups excluding carboxylic acids is 2. The molecule has 0 aliphatic rings. The Balaban J connectivity index is 1.33. The van der Waals surface area contributed by atoms with E-state index in [1.165, 1.54) is 24.3 Å². The molecule has 4 rings (SSSR count). The van der Waals surface area contributed by atoms with Crippen LogP contribution in [0.4, 0.5) is 10.1 Å². The molecule has 0 atom stereocenters. The number of anilines is 1. The first kappa shape index (κ1) is 23.1. The number of aryl methyl sites for hydroxylation is 3. The highest BCUT2D eigenvalue weighted by atomic mass is 19.1. The highest BCUT2D eigenvalue weighted by molar-refractivity contribution is 6.04. The summed E-state index contributed by atoms with van der Waals surface area (Å²) in [6.07, 6.45) is 0.898. The molecule has 2 amide bonds. The molecule has 34 heavy (non-hydrogen) atoms. The minimum absolute atomic E-state index is 0.0729. The minimum atomic E-state index is -0.395. The van der Waals surface area contributed by atoms with Crippen molar-refractivity contribution < 1.29 is 14.0 Å². The zero-order chi connectivity index (χ0) is 24.2. The van der Waals surface area contributed by atoms with E-state index in [1.54, 1.807) is 18.2 Å². The van der Waals surface area contributed by atoms with Crippen LogP contribution in [0.5, 0.6) is 0 Å². The standard InChI is InChI=1S/C26H26FN5O2/c1-16-13-24-29-17(2)23(18(3)32(24)31-16)11-12-25(33)28-15-19-5-4-6-22(14-19)30-26(34)20-7-9-21(27)10-8-20/h4-10,13-14H,11-12,15H2,1-3H3,(H,28,33)(H,30,34). The van der Waals surface area contributed by atoms with Crippen LogP contribution in [0, 0.1) is 26.6 Å². The molecule has 0 fully saturated rings. The molecule has 0 radical (unpaired) electrons. The van der Waals surface area contributed by atoms with Crippen LogP contribution in [0.1, 0.15) is 45.0 Å². The molecule has 2 heterocycles. The van der Waals surface area contributed by atoms with E-state index in [1.807, 2.05) is 37.4 Å². The number of halogens is 1. The van der Waals surface area contributed by atoms with Crippen LogP contribution in [0.2, 0.25) is 0 Å². The maximum absolute atomic E-state index is 13.1. The van der Waals surface area contributed by atoms with Gasteiger partial charge in [0.25, 0.3) is 5.91 Å². The fourth-order valence-corrected chi connectivity index (χ4v) is 3.89. The summed E-state index contributed by atoms with van der Waals surface area (Å²) >= 11 is 0. The average Bonchev–Trinajstić information content (AvgIpc) is 3.18. The van der Waals surface area contributed by atoms with E-state index >= 15 is 0 Å². The van der Waals surface area contributed by atoms with Gasteiger partial charge >= 0.3 is 0 Å². The Morgan fingerprint density at radius 2 is 1.79 bits per heavy atom. The second kappa shape index (κ2) is 9.82. The summed E-state index contributed by atoms with van der Waals surface area (Å²) in [6, 6.07) is 14.5. The van der Waals surface area contributed by atoms with Crippen molar-refractivity contribution >= 4 is 23.1 Å². The van der Waals surface area contributed by atoms with Gasteiger partial charge in [0.15, 0.2) is 5.65 Å². The number of hydrogen-bond acceptors (Lipinski definition) is 4. The molecular formula is C26H26FN5O2. The monoisotopic (exact) mass is 459 g/mol. The van der Waals surface area contributed by atoms with E-state index in [0.717, 1.165) is 33.9 Å². The molecule has 2 N–H and O–H groups in total. The highest BCUT2D eigenvalue weighted by Crippen LogP contribution is 2.17.